The van der Waals surface area contributed by atoms with Gasteiger partial charge in [0.1, 0.15) is 5.75 Å². The second-order valence-corrected chi connectivity index (χ2v) is 6.58. The van der Waals surface area contributed by atoms with Gasteiger partial charge in [-0.25, -0.2) is 0 Å². The SMILES string of the molecule is CN=C(NCCCOC1CCOCC1)NCc1cc2c(cc1OC(F)F)OCO2.I. The summed E-state index contributed by atoms with van der Waals surface area (Å²) < 4.78 is 51.7. The van der Waals surface area contributed by atoms with Crippen LogP contribution in [0, 0.1) is 0 Å². The first-order chi connectivity index (χ1) is 14.2. The molecule has 0 spiro atoms. The summed E-state index contributed by atoms with van der Waals surface area (Å²) in [5.74, 6) is 1.47. The van der Waals surface area contributed by atoms with Crippen LogP contribution in [-0.2, 0) is 16.0 Å². The van der Waals surface area contributed by atoms with Crippen LogP contribution < -0.4 is 24.8 Å². The number of ether oxygens (including phenoxy) is 5. The molecule has 11 heteroatoms. The van der Waals surface area contributed by atoms with E-state index in [4.69, 9.17) is 18.9 Å². The fraction of sp³-hybridized carbons (Fsp3) is 0.632. The molecule has 0 atom stereocenters. The lowest BCUT2D eigenvalue weighted by atomic mass is 10.1. The molecule has 0 aromatic heterocycles. The van der Waals surface area contributed by atoms with Crippen LogP contribution in [0.1, 0.15) is 24.8 Å². The summed E-state index contributed by atoms with van der Waals surface area (Å²) in [5, 5.41) is 6.27. The van der Waals surface area contributed by atoms with Crippen molar-refractivity contribution in [3.8, 4) is 17.2 Å². The van der Waals surface area contributed by atoms with Gasteiger partial charge in [0, 0.05) is 51.6 Å². The Labute approximate surface area is 191 Å². The van der Waals surface area contributed by atoms with Gasteiger partial charge in [0.25, 0.3) is 0 Å². The fourth-order valence-corrected chi connectivity index (χ4v) is 3.08. The minimum atomic E-state index is -2.93. The van der Waals surface area contributed by atoms with Gasteiger partial charge < -0.3 is 34.3 Å². The molecule has 0 amide bonds. The Morgan fingerprint density at radius 3 is 2.63 bits per heavy atom. The molecule has 0 unspecified atom stereocenters. The zero-order valence-electron chi connectivity index (χ0n) is 16.8. The second kappa shape index (κ2) is 13.0. The summed E-state index contributed by atoms with van der Waals surface area (Å²) >= 11 is 0. The standard InChI is InChI=1S/C19H27F2N3O5.HI/c1-22-19(23-5-2-6-26-14-3-7-25-8-4-14)24-11-13-9-16-17(28-12-27-16)10-15(13)29-18(20)21;/h9-10,14,18H,2-8,11-12H2,1H3,(H2,22,23,24);1H. The van der Waals surface area contributed by atoms with Crippen molar-refractivity contribution in [1.82, 2.24) is 10.6 Å². The molecule has 0 saturated carbocycles. The quantitative estimate of drug-likeness (QED) is 0.215. The Balaban J connectivity index is 0.00000320. The fourth-order valence-electron chi connectivity index (χ4n) is 3.08. The number of rotatable bonds is 9. The van der Waals surface area contributed by atoms with Gasteiger partial charge in [0.2, 0.25) is 6.79 Å². The van der Waals surface area contributed by atoms with E-state index in [1.165, 1.54) is 6.07 Å². The van der Waals surface area contributed by atoms with Crippen molar-refractivity contribution < 1.29 is 32.5 Å². The number of halogens is 3. The van der Waals surface area contributed by atoms with E-state index in [0.717, 1.165) is 32.5 Å². The van der Waals surface area contributed by atoms with Gasteiger partial charge in [-0.2, -0.15) is 8.78 Å². The van der Waals surface area contributed by atoms with Crippen molar-refractivity contribution in [3.63, 3.8) is 0 Å². The molecule has 0 radical (unpaired) electrons. The predicted molar refractivity (Wildman–Crippen MR) is 117 cm³/mol. The highest BCUT2D eigenvalue weighted by molar-refractivity contribution is 14.0. The maximum absolute atomic E-state index is 12.7. The molecule has 2 N–H and O–H groups in total. The zero-order valence-corrected chi connectivity index (χ0v) is 19.2. The number of guanidine groups is 1. The molecule has 1 saturated heterocycles. The Hall–Kier alpha value is -1.60. The van der Waals surface area contributed by atoms with Gasteiger partial charge in [-0.3, -0.25) is 4.99 Å². The molecular formula is C19H28F2IN3O5. The molecule has 1 aromatic carbocycles. The molecule has 0 aliphatic carbocycles. The average molecular weight is 543 g/mol. The number of hydrogen-bond acceptors (Lipinski definition) is 6. The van der Waals surface area contributed by atoms with Crippen molar-refractivity contribution in [3.05, 3.63) is 17.7 Å². The van der Waals surface area contributed by atoms with Crippen molar-refractivity contribution in [2.24, 2.45) is 4.99 Å². The maximum atomic E-state index is 12.7. The van der Waals surface area contributed by atoms with E-state index in [0.29, 0.717) is 36.2 Å². The van der Waals surface area contributed by atoms with Gasteiger partial charge >= 0.3 is 6.61 Å². The van der Waals surface area contributed by atoms with Crippen LogP contribution in [0.25, 0.3) is 0 Å². The Morgan fingerprint density at radius 1 is 1.20 bits per heavy atom. The number of alkyl halides is 2. The summed E-state index contributed by atoms with van der Waals surface area (Å²) in [7, 11) is 1.64. The number of nitrogens with zero attached hydrogens (tertiary/aromatic N) is 1. The lowest BCUT2D eigenvalue weighted by Gasteiger charge is -2.22. The van der Waals surface area contributed by atoms with Crippen molar-refractivity contribution in [2.75, 3.05) is 40.2 Å². The number of hydrogen-bond donors (Lipinski definition) is 2. The first kappa shape index (κ1) is 24.7. The van der Waals surface area contributed by atoms with Crippen LogP contribution in [0.15, 0.2) is 17.1 Å². The lowest BCUT2D eigenvalue weighted by molar-refractivity contribution is -0.0505. The molecule has 2 heterocycles. The average Bonchev–Trinajstić information content (AvgIpc) is 3.17. The van der Waals surface area contributed by atoms with Crippen LogP contribution in [-0.4, -0.2) is 58.9 Å². The monoisotopic (exact) mass is 543 g/mol. The largest absolute Gasteiger partial charge is 0.454 e. The summed E-state index contributed by atoms with van der Waals surface area (Å²) in [6.07, 6.45) is 2.98. The minimum Gasteiger partial charge on any atom is -0.454 e. The van der Waals surface area contributed by atoms with E-state index < -0.39 is 6.61 Å². The third-order valence-electron chi connectivity index (χ3n) is 4.58. The number of nitrogens with one attached hydrogen (secondary N) is 2. The smallest absolute Gasteiger partial charge is 0.387 e. The van der Waals surface area contributed by atoms with E-state index in [2.05, 4.69) is 20.4 Å². The van der Waals surface area contributed by atoms with E-state index in [1.807, 2.05) is 0 Å². The summed E-state index contributed by atoms with van der Waals surface area (Å²) in [6.45, 7) is 0.208. The summed E-state index contributed by atoms with van der Waals surface area (Å²) in [4.78, 5) is 4.15. The van der Waals surface area contributed by atoms with Crippen molar-refractivity contribution in [2.45, 2.75) is 38.5 Å². The normalized spacial score (nSPS) is 16.3. The van der Waals surface area contributed by atoms with Gasteiger partial charge in [-0.15, -0.1) is 24.0 Å². The number of benzene rings is 1. The second-order valence-electron chi connectivity index (χ2n) is 6.58. The molecule has 3 rings (SSSR count). The lowest BCUT2D eigenvalue weighted by Crippen LogP contribution is -2.37. The first-order valence-corrected chi connectivity index (χ1v) is 9.67. The summed E-state index contributed by atoms with van der Waals surface area (Å²) in [5.41, 5.74) is 0.514. The van der Waals surface area contributed by atoms with Crippen LogP contribution >= 0.6 is 24.0 Å². The molecule has 0 bridgehead atoms. The molecule has 170 valence electrons. The van der Waals surface area contributed by atoms with Gasteiger partial charge in [-0.05, 0) is 25.3 Å². The van der Waals surface area contributed by atoms with Crippen LogP contribution in [0.4, 0.5) is 8.78 Å². The predicted octanol–water partition coefficient (Wildman–Crippen LogP) is 2.89. The third-order valence-corrected chi connectivity index (χ3v) is 4.58. The van der Waals surface area contributed by atoms with E-state index in [-0.39, 0.29) is 49.2 Å². The summed E-state index contributed by atoms with van der Waals surface area (Å²) in [6, 6.07) is 3.04. The zero-order chi connectivity index (χ0) is 20.5. The topological polar surface area (TPSA) is 82.6 Å². The third kappa shape index (κ3) is 7.58. The molecular weight excluding hydrogens is 515 g/mol. The molecule has 1 fully saturated rings. The van der Waals surface area contributed by atoms with E-state index in [9.17, 15) is 8.78 Å². The molecule has 1 aromatic rings. The number of fused-ring (bicyclic) bond motifs is 1. The van der Waals surface area contributed by atoms with Crippen LogP contribution in [0.5, 0.6) is 17.2 Å². The highest BCUT2D eigenvalue weighted by Gasteiger charge is 2.20. The maximum Gasteiger partial charge on any atom is 0.387 e. The van der Waals surface area contributed by atoms with Gasteiger partial charge in [-0.1, -0.05) is 0 Å². The van der Waals surface area contributed by atoms with Gasteiger partial charge in [0.15, 0.2) is 17.5 Å². The molecule has 30 heavy (non-hydrogen) atoms. The van der Waals surface area contributed by atoms with E-state index >= 15 is 0 Å². The van der Waals surface area contributed by atoms with Crippen LogP contribution in [0.3, 0.4) is 0 Å². The Kier molecular flexibility index (Phi) is 10.6. The molecule has 2 aliphatic rings. The Morgan fingerprint density at radius 2 is 1.93 bits per heavy atom. The number of aliphatic imine (C=N–C) groups is 1. The highest BCUT2D eigenvalue weighted by atomic mass is 127. The first-order valence-electron chi connectivity index (χ1n) is 9.67. The molecule has 8 nitrogen and oxygen atoms in total. The van der Waals surface area contributed by atoms with Gasteiger partial charge in [0.05, 0.1) is 6.10 Å². The van der Waals surface area contributed by atoms with Crippen molar-refractivity contribution >= 4 is 29.9 Å². The van der Waals surface area contributed by atoms with Crippen molar-refractivity contribution in [1.29, 1.82) is 0 Å². The molecule has 2 aliphatic heterocycles. The highest BCUT2D eigenvalue weighted by Crippen LogP contribution is 2.38. The Bertz CT molecular complexity index is 690. The van der Waals surface area contributed by atoms with E-state index in [1.54, 1.807) is 13.1 Å². The van der Waals surface area contributed by atoms with Crippen LogP contribution in [0.2, 0.25) is 0 Å². The minimum absolute atomic E-state index is 0.